The van der Waals surface area contributed by atoms with Crippen LogP contribution in [0.5, 0.6) is 17.2 Å². The third kappa shape index (κ3) is 5.37. The molecule has 0 aliphatic heterocycles. The average Bonchev–Trinajstić information content (AvgIpc) is 3.13. The van der Waals surface area contributed by atoms with Gasteiger partial charge in [-0.1, -0.05) is 11.3 Å². The molecular weight excluding hydrogens is 462 g/mol. The number of benzene rings is 2. The second-order valence-corrected chi connectivity index (χ2v) is 7.98. The van der Waals surface area contributed by atoms with Gasteiger partial charge in [-0.25, -0.2) is 0 Å². The minimum Gasteiger partial charge on any atom is -0.493 e. The highest BCUT2D eigenvalue weighted by atomic mass is 32.1. The van der Waals surface area contributed by atoms with E-state index in [-0.39, 0.29) is 24.6 Å². The number of carbonyl (C=O) groups excluding carboxylic acids is 3. The summed E-state index contributed by atoms with van der Waals surface area (Å²) in [5, 5.41) is 2.72. The molecule has 0 fully saturated rings. The first-order valence-corrected chi connectivity index (χ1v) is 11.1. The van der Waals surface area contributed by atoms with Gasteiger partial charge in [-0.05, 0) is 37.3 Å². The van der Waals surface area contributed by atoms with Crippen molar-refractivity contribution in [2.24, 2.45) is 4.99 Å². The normalized spacial score (nSPS) is 11.3. The summed E-state index contributed by atoms with van der Waals surface area (Å²) in [6.07, 6.45) is 0. The summed E-state index contributed by atoms with van der Waals surface area (Å²) >= 11 is 1.20. The minimum atomic E-state index is -0.564. The van der Waals surface area contributed by atoms with Crippen molar-refractivity contribution in [2.75, 3.05) is 33.3 Å². The zero-order chi connectivity index (χ0) is 24.8. The minimum absolute atomic E-state index is 0.130. The molecule has 0 saturated heterocycles. The third-order valence-corrected chi connectivity index (χ3v) is 5.75. The summed E-state index contributed by atoms with van der Waals surface area (Å²) in [5.74, 6) is -0.253. The van der Waals surface area contributed by atoms with Gasteiger partial charge in [0.2, 0.25) is 11.7 Å². The average molecular weight is 488 g/mol. The first-order valence-electron chi connectivity index (χ1n) is 10.3. The van der Waals surface area contributed by atoms with Crippen LogP contribution < -0.4 is 24.3 Å². The molecule has 0 unspecified atom stereocenters. The maximum Gasteiger partial charge on any atom is 0.326 e. The van der Waals surface area contributed by atoms with E-state index in [2.05, 4.69) is 10.3 Å². The van der Waals surface area contributed by atoms with Crippen LogP contribution in [0.4, 0.5) is 5.69 Å². The van der Waals surface area contributed by atoms with Crippen molar-refractivity contribution in [1.82, 2.24) is 4.57 Å². The summed E-state index contributed by atoms with van der Waals surface area (Å²) in [6, 6.07) is 8.23. The van der Waals surface area contributed by atoms with Gasteiger partial charge in [0.1, 0.15) is 6.54 Å². The highest BCUT2D eigenvalue weighted by Crippen LogP contribution is 2.38. The molecule has 2 aromatic carbocycles. The summed E-state index contributed by atoms with van der Waals surface area (Å²) in [4.78, 5) is 41.3. The van der Waals surface area contributed by atoms with E-state index in [1.807, 2.05) is 0 Å². The Kier molecular flexibility index (Phi) is 7.90. The Morgan fingerprint density at radius 3 is 2.26 bits per heavy atom. The topological polar surface area (TPSA) is 117 Å². The van der Waals surface area contributed by atoms with Crippen molar-refractivity contribution in [3.63, 3.8) is 0 Å². The summed E-state index contributed by atoms with van der Waals surface area (Å²) in [5.41, 5.74) is 1.48. The molecule has 34 heavy (non-hydrogen) atoms. The number of nitrogens with one attached hydrogen (secondary N) is 1. The molecule has 2 amide bonds. The lowest BCUT2D eigenvalue weighted by Crippen LogP contribution is -2.23. The van der Waals surface area contributed by atoms with E-state index >= 15 is 0 Å². The fourth-order valence-electron chi connectivity index (χ4n) is 3.28. The second kappa shape index (κ2) is 10.8. The number of hydrogen-bond acceptors (Lipinski definition) is 8. The van der Waals surface area contributed by atoms with Crippen LogP contribution in [0.3, 0.4) is 0 Å². The van der Waals surface area contributed by atoms with Crippen molar-refractivity contribution in [3.8, 4) is 17.2 Å². The molecule has 0 spiro atoms. The number of ether oxygens (including phenoxy) is 4. The molecule has 0 bridgehead atoms. The predicted molar refractivity (Wildman–Crippen MR) is 127 cm³/mol. The molecule has 0 saturated carbocycles. The smallest absolute Gasteiger partial charge is 0.326 e. The van der Waals surface area contributed by atoms with E-state index in [0.29, 0.717) is 33.3 Å². The number of anilines is 1. The lowest BCUT2D eigenvalue weighted by molar-refractivity contribution is -0.143. The van der Waals surface area contributed by atoms with Crippen molar-refractivity contribution in [3.05, 3.63) is 40.7 Å². The predicted octanol–water partition coefficient (Wildman–Crippen LogP) is 2.99. The summed E-state index contributed by atoms with van der Waals surface area (Å²) < 4.78 is 23.4. The van der Waals surface area contributed by atoms with Gasteiger partial charge in [0.25, 0.3) is 5.91 Å². The number of amides is 2. The van der Waals surface area contributed by atoms with Crippen LogP contribution in [0.25, 0.3) is 10.2 Å². The zero-order valence-corrected chi connectivity index (χ0v) is 20.3. The van der Waals surface area contributed by atoms with Gasteiger partial charge in [-0.15, -0.1) is 0 Å². The maximum atomic E-state index is 13.1. The molecule has 180 valence electrons. The number of esters is 1. The van der Waals surface area contributed by atoms with Crippen LogP contribution in [-0.2, 0) is 20.9 Å². The van der Waals surface area contributed by atoms with Crippen LogP contribution in [0.15, 0.2) is 35.3 Å². The molecule has 0 aliphatic rings. The summed E-state index contributed by atoms with van der Waals surface area (Å²) in [7, 11) is 4.38. The van der Waals surface area contributed by atoms with E-state index in [1.54, 1.807) is 29.7 Å². The van der Waals surface area contributed by atoms with Gasteiger partial charge < -0.3 is 28.8 Å². The Morgan fingerprint density at radius 2 is 1.71 bits per heavy atom. The number of nitrogens with zero attached hydrogens (tertiary/aromatic N) is 2. The van der Waals surface area contributed by atoms with Crippen LogP contribution in [-0.4, -0.2) is 50.3 Å². The quantitative estimate of drug-likeness (QED) is 0.486. The van der Waals surface area contributed by atoms with Crippen LogP contribution >= 0.6 is 11.3 Å². The molecule has 1 N–H and O–H groups in total. The molecule has 3 aromatic rings. The number of aromatic nitrogens is 1. The molecular formula is C23H25N3O7S. The highest BCUT2D eigenvalue weighted by Gasteiger charge is 2.18. The Balaban J connectivity index is 2.14. The van der Waals surface area contributed by atoms with E-state index in [4.69, 9.17) is 18.9 Å². The standard InChI is InChI=1S/C23H25N3O7S/c1-6-33-20(28)12-26-16-8-7-15(24-13(2)27)11-19(16)34-23(26)25-22(29)14-9-17(30-3)21(32-5)18(10-14)31-4/h7-11H,6,12H2,1-5H3,(H,24,27). The molecule has 1 aromatic heterocycles. The van der Waals surface area contributed by atoms with Gasteiger partial charge in [-0.3, -0.25) is 14.4 Å². The van der Waals surface area contributed by atoms with Gasteiger partial charge in [0.05, 0.1) is 38.2 Å². The third-order valence-electron chi connectivity index (χ3n) is 4.70. The van der Waals surface area contributed by atoms with Crippen molar-refractivity contribution < 1.29 is 33.3 Å². The van der Waals surface area contributed by atoms with Crippen molar-refractivity contribution >= 4 is 45.0 Å². The molecule has 0 radical (unpaired) electrons. The molecule has 0 atom stereocenters. The van der Waals surface area contributed by atoms with Crippen molar-refractivity contribution in [1.29, 1.82) is 0 Å². The number of fused-ring (bicyclic) bond motifs is 1. The largest absolute Gasteiger partial charge is 0.493 e. The fraction of sp³-hybridized carbons (Fsp3) is 0.304. The zero-order valence-electron chi connectivity index (χ0n) is 19.5. The lowest BCUT2D eigenvalue weighted by Gasteiger charge is -2.12. The number of carbonyl (C=O) groups is 3. The van der Waals surface area contributed by atoms with Crippen LogP contribution in [0.1, 0.15) is 24.2 Å². The number of thiazole rings is 1. The molecule has 11 heteroatoms. The Hall–Kier alpha value is -3.86. The molecule has 10 nitrogen and oxygen atoms in total. The van der Waals surface area contributed by atoms with E-state index in [0.717, 1.165) is 4.70 Å². The Morgan fingerprint density at radius 1 is 1.03 bits per heavy atom. The Bertz CT molecular complexity index is 1280. The summed E-state index contributed by atoms with van der Waals surface area (Å²) in [6.45, 7) is 3.23. The molecule has 0 aliphatic carbocycles. The second-order valence-electron chi connectivity index (χ2n) is 6.97. The van der Waals surface area contributed by atoms with E-state index < -0.39 is 11.9 Å². The highest BCUT2D eigenvalue weighted by molar-refractivity contribution is 7.16. The van der Waals surface area contributed by atoms with Gasteiger partial charge in [-0.2, -0.15) is 4.99 Å². The van der Waals surface area contributed by atoms with Crippen molar-refractivity contribution in [2.45, 2.75) is 20.4 Å². The van der Waals surface area contributed by atoms with E-state index in [1.165, 1.54) is 51.7 Å². The first-order chi connectivity index (χ1) is 16.3. The molecule has 1 heterocycles. The van der Waals surface area contributed by atoms with E-state index in [9.17, 15) is 14.4 Å². The maximum absolute atomic E-state index is 13.1. The Labute approximate surface area is 199 Å². The van der Waals surface area contributed by atoms with Crippen LogP contribution in [0, 0.1) is 0 Å². The van der Waals surface area contributed by atoms with Gasteiger partial charge in [0.15, 0.2) is 16.3 Å². The number of hydrogen-bond donors (Lipinski definition) is 1. The van der Waals surface area contributed by atoms with Gasteiger partial charge in [0, 0.05) is 18.2 Å². The number of rotatable bonds is 8. The number of methoxy groups -OCH3 is 3. The molecule has 3 rings (SSSR count). The monoisotopic (exact) mass is 487 g/mol. The van der Waals surface area contributed by atoms with Crippen LogP contribution in [0.2, 0.25) is 0 Å². The fourth-order valence-corrected chi connectivity index (χ4v) is 4.35. The van der Waals surface area contributed by atoms with Gasteiger partial charge >= 0.3 is 5.97 Å². The SMILES string of the molecule is CCOC(=O)Cn1c(=NC(=O)c2cc(OC)c(OC)c(OC)c2)sc2cc(NC(C)=O)ccc21. The lowest BCUT2D eigenvalue weighted by atomic mass is 10.1. The first kappa shape index (κ1) is 24.8.